The normalized spacial score (nSPS) is 11.1. The van der Waals surface area contributed by atoms with Gasteiger partial charge >= 0.3 is 0 Å². The Morgan fingerprint density at radius 2 is 1.42 bits per heavy atom. The van der Waals surface area contributed by atoms with Crippen LogP contribution < -0.4 is 0 Å². The molecule has 0 aliphatic heterocycles. The number of allylic oxidation sites excluding steroid dienone is 2. The largest absolute Gasteiger partial charge is 0.206 e. The fourth-order valence-electron chi connectivity index (χ4n) is 4.52. The van der Waals surface area contributed by atoms with Crippen molar-refractivity contribution in [2.75, 3.05) is 0 Å². The van der Waals surface area contributed by atoms with Crippen LogP contribution in [-0.2, 0) is 12.8 Å². The SMILES string of the molecule is C/C=C/CCc1ccc(C#Cc2ccc3c(F)c(-c4ccc(CCCCCC)cc4)ccc3c2)cc1. The highest BCUT2D eigenvalue weighted by Crippen LogP contribution is 2.30. The van der Waals surface area contributed by atoms with Crippen molar-refractivity contribution in [1.29, 1.82) is 0 Å². The minimum Gasteiger partial charge on any atom is -0.206 e. The number of halogens is 1. The van der Waals surface area contributed by atoms with Gasteiger partial charge < -0.3 is 0 Å². The first-order chi connectivity index (χ1) is 17.7. The van der Waals surface area contributed by atoms with Gasteiger partial charge in [0.05, 0.1) is 0 Å². The van der Waals surface area contributed by atoms with E-state index in [1.165, 1.54) is 36.8 Å². The quantitative estimate of drug-likeness (QED) is 0.129. The van der Waals surface area contributed by atoms with Crippen molar-refractivity contribution in [2.24, 2.45) is 0 Å². The summed E-state index contributed by atoms with van der Waals surface area (Å²) < 4.78 is 15.4. The van der Waals surface area contributed by atoms with Gasteiger partial charge in [0.15, 0.2) is 0 Å². The van der Waals surface area contributed by atoms with Gasteiger partial charge in [0.2, 0.25) is 0 Å². The van der Waals surface area contributed by atoms with E-state index in [1.54, 1.807) is 0 Å². The summed E-state index contributed by atoms with van der Waals surface area (Å²) in [5.74, 6) is 6.31. The molecule has 0 aliphatic rings. The van der Waals surface area contributed by atoms with Crippen molar-refractivity contribution in [1.82, 2.24) is 0 Å². The molecule has 182 valence electrons. The lowest BCUT2D eigenvalue weighted by molar-refractivity contribution is 0.643. The van der Waals surface area contributed by atoms with E-state index in [0.29, 0.717) is 10.9 Å². The molecule has 0 bridgehead atoms. The number of rotatable bonds is 9. The van der Waals surface area contributed by atoms with Gasteiger partial charge in [-0.1, -0.05) is 105 Å². The predicted octanol–water partition coefficient (Wildman–Crippen LogP) is 9.68. The van der Waals surface area contributed by atoms with Crippen molar-refractivity contribution < 1.29 is 4.39 Å². The first kappa shape index (κ1) is 25.5. The topological polar surface area (TPSA) is 0 Å². The molecule has 0 fully saturated rings. The maximum atomic E-state index is 15.4. The summed E-state index contributed by atoms with van der Waals surface area (Å²) in [6.07, 6.45) is 12.5. The van der Waals surface area contributed by atoms with Crippen LogP contribution in [0, 0.1) is 17.7 Å². The number of hydrogen-bond donors (Lipinski definition) is 0. The van der Waals surface area contributed by atoms with Crippen LogP contribution in [0.15, 0.2) is 91.0 Å². The minimum absolute atomic E-state index is 0.170. The molecule has 0 aromatic heterocycles. The Labute approximate surface area is 215 Å². The first-order valence-corrected chi connectivity index (χ1v) is 13.2. The summed E-state index contributed by atoms with van der Waals surface area (Å²) in [4.78, 5) is 0. The molecule has 0 N–H and O–H groups in total. The highest BCUT2D eigenvalue weighted by Gasteiger charge is 2.10. The molecule has 0 radical (unpaired) electrons. The van der Waals surface area contributed by atoms with Crippen molar-refractivity contribution in [3.8, 4) is 23.0 Å². The molecule has 0 spiro atoms. The molecule has 0 amide bonds. The van der Waals surface area contributed by atoms with Crippen LogP contribution in [-0.4, -0.2) is 0 Å². The molecule has 4 aromatic carbocycles. The molecule has 0 atom stereocenters. The Balaban J connectivity index is 1.47. The van der Waals surface area contributed by atoms with Gasteiger partial charge in [-0.2, -0.15) is 0 Å². The van der Waals surface area contributed by atoms with Crippen molar-refractivity contribution in [3.05, 3.63) is 119 Å². The third-order valence-corrected chi connectivity index (χ3v) is 6.68. The van der Waals surface area contributed by atoms with Crippen LogP contribution >= 0.6 is 0 Å². The van der Waals surface area contributed by atoms with Gasteiger partial charge in [-0.25, -0.2) is 4.39 Å². The zero-order valence-electron chi connectivity index (χ0n) is 21.5. The van der Waals surface area contributed by atoms with Crippen LogP contribution in [0.1, 0.15) is 68.2 Å². The Morgan fingerprint density at radius 3 is 2.17 bits per heavy atom. The maximum Gasteiger partial charge on any atom is 0.138 e. The Bertz CT molecular complexity index is 1360. The molecule has 0 aliphatic carbocycles. The third kappa shape index (κ3) is 6.73. The molecule has 0 saturated carbocycles. The fourth-order valence-corrected chi connectivity index (χ4v) is 4.52. The van der Waals surface area contributed by atoms with Gasteiger partial charge in [0.1, 0.15) is 5.82 Å². The lowest BCUT2D eigenvalue weighted by Gasteiger charge is -2.09. The standard InChI is InChI=1S/C35H35F/c1-3-5-7-9-11-28-18-21-31(22-19-28)33-25-23-32-26-30(20-24-34(32)35(33)36)17-16-29-14-12-27(13-15-29)10-8-6-4-2/h4,6,12-15,18-26H,3,5,7-11H2,1-2H3/b6-4+. The molecular formula is C35H35F. The molecule has 0 heterocycles. The molecule has 4 aromatic rings. The van der Waals surface area contributed by atoms with Gasteiger partial charge in [-0.3, -0.25) is 0 Å². The predicted molar refractivity (Wildman–Crippen MR) is 153 cm³/mol. The second-order valence-corrected chi connectivity index (χ2v) is 9.43. The van der Waals surface area contributed by atoms with E-state index in [1.807, 2.05) is 49.4 Å². The molecule has 4 rings (SSSR count). The summed E-state index contributed by atoms with van der Waals surface area (Å²) in [7, 11) is 0. The zero-order chi connectivity index (χ0) is 25.2. The van der Waals surface area contributed by atoms with Crippen LogP contribution in [0.2, 0.25) is 0 Å². The molecular weight excluding hydrogens is 439 g/mol. The van der Waals surface area contributed by atoms with E-state index < -0.39 is 0 Å². The second-order valence-electron chi connectivity index (χ2n) is 9.43. The fraction of sp³-hybridized carbons (Fsp3) is 0.257. The molecule has 0 saturated heterocycles. The highest BCUT2D eigenvalue weighted by atomic mass is 19.1. The Hall–Kier alpha value is -3.63. The van der Waals surface area contributed by atoms with E-state index in [9.17, 15) is 0 Å². The van der Waals surface area contributed by atoms with Gasteiger partial charge in [0.25, 0.3) is 0 Å². The van der Waals surface area contributed by atoms with E-state index in [-0.39, 0.29) is 5.82 Å². The van der Waals surface area contributed by atoms with Gasteiger partial charge in [0, 0.05) is 22.1 Å². The molecule has 0 nitrogen and oxygen atoms in total. The van der Waals surface area contributed by atoms with Crippen LogP contribution in [0.25, 0.3) is 21.9 Å². The number of unbranched alkanes of at least 4 members (excludes halogenated alkanes) is 3. The Morgan fingerprint density at radius 1 is 0.722 bits per heavy atom. The summed E-state index contributed by atoms with van der Waals surface area (Å²) >= 11 is 0. The van der Waals surface area contributed by atoms with E-state index in [2.05, 4.69) is 67.3 Å². The van der Waals surface area contributed by atoms with Crippen LogP contribution in [0.5, 0.6) is 0 Å². The average Bonchev–Trinajstić information content (AvgIpc) is 2.91. The monoisotopic (exact) mass is 474 g/mol. The van der Waals surface area contributed by atoms with Crippen molar-refractivity contribution in [2.45, 2.75) is 58.8 Å². The molecule has 0 unspecified atom stereocenters. The minimum atomic E-state index is -0.170. The van der Waals surface area contributed by atoms with Gasteiger partial charge in [-0.05, 0) is 78.9 Å². The first-order valence-electron chi connectivity index (χ1n) is 13.2. The number of aryl methyl sites for hydroxylation is 2. The highest BCUT2D eigenvalue weighted by molar-refractivity contribution is 5.89. The number of fused-ring (bicyclic) bond motifs is 1. The lowest BCUT2D eigenvalue weighted by Crippen LogP contribution is -1.90. The third-order valence-electron chi connectivity index (χ3n) is 6.68. The summed E-state index contributed by atoms with van der Waals surface area (Å²) in [6.45, 7) is 4.28. The number of hydrogen-bond acceptors (Lipinski definition) is 0. The van der Waals surface area contributed by atoms with E-state index in [0.717, 1.165) is 41.3 Å². The van der Waals surface area contributed by atoms with Crippen LogP contribution in [0.4, 0.5) is 4.39 Å². The molecule has 1 heteroatoms. The number of benzene rings is 4. The summed E-state index contributed by atoms with van der Waals surface area (Å²) in [5, 5.41) is 1.50. The average molecular weight is 475 g/mol. The van der Waals surface area contributed by atoms with Crippen molar-refractivity contribution in [3.63, 3.8) is 0 Å². The summed E-state index contributed by atoms with van der Waals surface area (Å²) in [5.41, 5.74) is 6.08. The van der Waals surface area contributed by atoms with Gasteiger partial charge in [-0.15, -0.1) is 0 Å². The lowest BCUT2D eigenvalue weighted by atomic mass is 9.97. The Kier molecular flexibility index (Phi) is 9.12. The van der Waals surface area contributed by atoms with E-state index in [4.69, 9.17) is 0 Å². The van der Waals surface area contributed by atoms with Crippen molar-refractivity contribution >= 4 is 10.8 Å². The zero-order valence-corrected chi connectivity index (χ0v) is 21.5. The second kappa shape index (κ2) is 12.9. The van der Waals surface area contributed by atoms with Crippen LogP contribution in [0.3, 0.4) is 0 Å². The summed E-state index contributed by atoms with van der Waals surface area (Å²) in [6, 6.07) is 26.4. The molecule has 36 heavy (non-hydrogen) atoms. The smallest absolute Gasteiger partial charge is 0.138 e. The van der Waals surface area contributed by atoms with E-state index >= 15 is 4.39 Å². The maximum absolute atomic E-state index is 15.4.